The fourth-order valence-corrected chi connectivity index (χ4v) is 3.94. The van der Waals surface area contributed by atoms with Crippen LogP contribution < -0.4 is 0 Å². The first-order chi connectivity index (χ1) is 8.27. The number of hydrogen-bond acceptors (Lipinski definition) is 0. The second kappa shape index (κ2) is 7.20. The molecule has 2 aromatic rings. The average Bonchev–Trinajstić information content (AvgIpc) is 2.41. The van der Waals surface area contributed by atoms with Gasteiger partial charge in [-0.1, -0.05) is 0 Å². The molecule has 0 N–H and O–H groups in total. The van der Waals surface area contributed by atoms with E-state index in [1.807, 2.05) is 0 Å². The van der Waals surface area contributed by atoms with Gasteiger partial charge in [0.05, 0.1) is 0 Å². The summed E-state index contributed by atoms with van der Waals surface area (Å²) >= 11 is 1.57. The first-order valence-corrected chi connectivity index (χ1v) is 7.56. The summed E-state index contributed by atoms with van der Waals surface area (Å²) in [5, 5.41) is 0. The predicted molar refractivity (Wildman–Crippen MR) is 81.6 cm³/mol. The number of hydrogen-bond donors (Lipinski definition) is 0. The van der Waals surface area contributed by atoms with Crippen LogP contribution >= 0.6 is 12.4 Å². The molecule has 0 aliphatic heterocycles. The fraction of sp³-hybridized carbons (Fsp3) is 0.250. The van der Waals surface area contributed by atoms with E-state index < -0.39 is 0 Å². The monoisotopic (exact) mass is 365 g/mol. The summed E-state index contributed by atoms with van der Waals surface area (Å²) in [4.78, 5) is 0. The van der Waals surface area contributed by atoms with Crippen molar-refractivity contribution in [3.8, 4) is 0 Å². The zero-order valence-corrected chi connectivity index (χ0v) is 14.3. The van der Waals surface area contributed by atoms with Gasteiger partial charge < -0.3 is 0 Å². The molecule has 93 valence electrons. The van der Waals surface area contributed by atoms with Crippen LogP contribution in [0.4, 0.5) is 0 Å². The molecule has 2 aromatic carbocycles. The molecule has 2 heteroatoms. The summed E-state index contributed by atoms with van der Waals surface area (Å²) in [6.45, 7) is 2.27. The van der Waals surface area contributed by atoms with Crippen LogP contribution in [-0.2, 0) is 3.43 Å². The van der Waals surface area contributed by atoms with Gasteiger partial charge in [-0.2, -0.15) is 0 Å². The Morgan fingerprint density at radius 2 is 1.22 bits per heavy atom. The van der Waals surface area contributed by atoms with Gasteiger partial charge in [0.1, 0.15) is 0 Å². The van der Waals surface area contributed by atoms with Gasteiger partial charge in [0, 0.05) is 0 Å². The minimum Gasteiger partial charge on any atom is -0.147 e. The molecule has 0 heterocycles. The summed E-state index contributed by atoms with van der Waals surface area (Å²) in [5.41, 5.74) is 2.90. The molecular weight excluding hydrogens is 346 g/mol. The standard InChI is InChI=1S/C16H17.ClH.Sn/c1-2-9-16(14-10-5-3-6-11-14)15-12-7-4-8-13-15;;/h3-8,10-13H,2,9H2,1H3;1H;. The van der Waals surface area contributed by atoms with Gasteiger partial charge in [0.15, 0.2) is 0 Å². The van der Waals surface area contributed by atoms with E-state index in [2.05, 4.69) is 67.6 Å². The van der Waals surface area contributed by atoms with E-state index in [-0.39, 0.29) is 15.8 Å². The zero-order chi connectivity index (χ0) is 12.1. The molecule has 2 rings (SSSR count). The van der Waals surface area contributed by atoms with E-state index in [1.165, 1.54) is 24.0 Å². The Kier molecular flexibility index (Phi) is 6.23. The summed E-state index contributed by atoms with van der Waals surface area (Å²) in [6.07, 6.45) is 2.44. The van der Waals surface area contributed by atoms with Crippen molar-refractivity contribution in [1.82, 2.24) is 0 Å². The first kappa shape index (κ1) is 15.6. The summed E-state index contributed by atoms with van der Waals surface area (Å²) in [5.74, 6) is 0. The molecule has 0 bridgehead atoms. The average molecular weight is 364 g/mol. The maximum absolute atomic E-state index is 2.27. The van der Waals surface area contributed by atoms with E-state index in [0.29, 0.717) is 0 Å². The van der Waals surface area contributed by atoms with Crippen molar-refractivity contribution in [2.45, 2.75) is 23.2 Å². The number of halogens is 1. The molecule has 0 amide bonds. The molecule has 18 heavy (non-hydrogen) atoms. The summed E-state index contributed by atoms with van der Waals surface area (Å²) < 4.78 is 0.226. The van der Waals surface area contributed by atoms with E-state index in [1.54, 1.807) is 22.5 Å². The van der Waals surface area contributed by atoms with Crippen LogP contribution in [0.2, 0.25) is 0 Å². The van der Waals surface area contributed by atoms with E-state index >= 15 is 0 Å². The van der Waals surface area contributed by atoms with E-state index in [4.69, 9.17) is 0 Å². The molecule has 0 saturated heterocycles. The molecule has 0 atom stereocenters. The maximum Gasteiger partial charge on any atom is -0.147 e. The van der Waals surface area contributed by atoms with Crippen molar-refractivity contribution < 1.29 is 0 Å². The van der Waals surface area contributed by atoms with E-state index in [9.17, 15) is 0 Å². The number of rotatable bonds is 4. The zero-order valence-electron chi connectivity index (χ0n) is 10.6. The van der Waals surface area contributed by atoms with Crippen molar-refractivity contribution in [3.05, 3.63) is 71.8 Å². The van der Waals surface area contributed by atoms with Crippen molar-refractivity contribution in [3.63, 3.8) is 0 Å². The fourth-order valence-electron chi connectivity index (χ4n) is 2.28. The Bertz CT molecular complexity index is 414. The summed E-state index contributed by atoms with van der Waals surface area (Å²) in [6, 6.07) is 21.8. The van der Waals surface area contributed by atoms with Gasteiger partial charge >= 0.3 is 118 Å². The van der Waals surface area contributed by atoms with Crippen LogP contribution in [0, 0.1) is 0 Å². The van der Waals surface area contributed by atoms with Gasteiger partial charge in [-0.25, -0.2) is 0 Å². The third-order valence-corrected chi connectivity index (χ3v) is 5.52. The van der Waals surface area contributed by atoms with Crippen molar-refractivity contribution in [2.75, 3.05) is 0 Å². The van der Waals surface area contributed by atoms with Crippen molar-refractivity contribution >= 4 is 34.9 Å². The Labute approximate surface area is 129 Å². The molecule has 0 nitrogen and oxygen atoms in total. The Morgan fingerprint density at radius 3 is 1.56 bits per heavy atom. The molecule has 0 aromatic heterocycles. The minimum atomic E-state index is 0. The van der Waals surface area contributed by atoms with Gasteiger partial charge in [0.2, 0.25) is 0 Å². The number of benzene rings is 2. The second-order valence-electron chi connectivity index (χ2n) is 4.39. The Hall–Kier alpha value is -0.471. The van der Waals surface area contributed by atoms with Crippen LogP contribution in [0.1, 0.15) is 30.9 Å². The molecule has 0 unspecified atom stereocenters. The molecule has 3 radical (unpaired) electrons. The van der Waals surface area contributed by atoms with Gasteiger partial charge in [-0.3, -0.25) is 0 Å². The smallest absolute Gasteiger partial charge is 0.147 e. The van der Waals surface area contributed by atoms with E-state index in [0.717, 1.165) is 0 Å². The predicted octanol–water partition coefficient (Wildman–Crippen LogP) is 4.32. The second-order valence-corrected chi connectivity index (χ2v) is 6.82. The molecule has 0 saturated carbocycles. The van der Waals surface area contributed by atoms with Gasteiger partial charge in [-0.05, 0) is 0 Å². The van der Waals surface area contributed by atoms with Crippen molar-refractivity contribution in [2.24, 2.45) is 0 Å². The molecule has 0 spiro atoms. The molecular formula is C16H18ClSn. The van der Waals surface area contributed by atoms with Crippen LogP contribution in [0.15, 0.2) is 60.7 Å². The SMILES string of the molecule is CCC[C]([Sn])(c1ccccc1)c1ccccc1.Cl. The topological polar surface area (TPSA) is 0 Å². The third kappa shape index (κ3) is 3.30. The van der Waals surface area contributed by atoms with Crippen LogP contribution in [-0.4, -0.2) is 22.5 Å². The Morgan fingerprint density at radius 1 is 0.833 bits per heavy atom. The van der Waals surface area contributed by atoms with Gasteiger partial charge in [-0.15, -0.1) is 12.4 Å². The molecule has 0 fully saturated rings. The largest absolute Gasteiger partial charge is 0.147 e. The normalized spacial score (nSPS) is 10.8. The Balaban J connectivity index is 0.00000162. The first-order valence-electron chi connectivity index (χ1n) is 6.13. The van der Waals surface area contributed by atoms with Gasteiger partial charge in [0.25, 0.3) is 0 Å². The van der Waals surface area contributed by atoms with Crippen LogP contribution in [0.5, 0.6) is 0 Å². The molecule has 0 aliphatic carbocycles. The quantitative estimate of drug-likeness (QED) is 0.709. The summed E-state index contributed by atoms with van der Waals surface area (Å²) in [7, 11) is 0. The maximum atomic E-state index is 2.27. The van der Waals surface area contributed by atoms with Crippen LogP contribution in [0.3, 0.4) is 0 Å². The van der Waals surface area contributed by atoms with Crippen molar-refractivity contribution in [1.29, 1.82) is 0 Å². The third-order valence-electron chi connectivity index (χ3n) is 3.16. The molecule has 0 aliphatic rings. The minimum absolute atomic E-state index is 0. The van der Waals surface area contributed by atoms with Crippen LogP contribution in [0.25, 0.3) is 0 Å².